The maximum absolute atomic E-state index is 12.5. The highest BCUT2D eigenvalue weighted by atomic mass is 16.5. The molecule has 0 fully saturated rings. The van der Waals surface area contributed by atoms with E-state index >= 15 is 0 Å². The Morgan fingerprint density at radius 2 is 1.76 bits per heavy atom. The lowest BCUT2D eigenvalue weighted by Crippen LogP contribution is -2.14. The van der Waals surface area contributed by atoms with Crippen LogP contribution >= 0.6 is 0 Å². The van der Waals surface area contributed by atoms with E-state index in [9.17, 15) is 14.4 Å². The molecule has 6 heteroatoms. The zero-order chi connectivity index (χ0) is 17.4. The summed E-state index contributed by atoms with van der Waals surface area (Å²) >= 11 is 0. The van der Waals surface area contributed by atoms with Crippen LogP contribution in [-0.4, -0.2) is 11.0 Å². The first-order valence-corrected chi connectivity index (χ1v) is 7.48. The van der Waals surface area contributed by atoms with Crippen LogP contribution in [0.15, 0.2) is 74.7 Å². The molecule has 0 saturated heterocycles. The number of ether oxygens (including phenoxy) is 1. The van der Waals surface area contributed by atoms with Crippen LogP contribution in [0.2, 0.25) is 0 Å². The minimum Gasteiger partial charge on any atom is -0.423 e. The minimum absolute atomic E-state index is 0.161. The van der Waals surface area contributed by atoms with Gasteiger partial charge in [-0.1, -0.05) is 18.2 Å². The van der Waals surface area contributed by atoms with E-state index in [0.717, 1.165) is 0 Å². The van der Waals surface area contributed by atoms with Crippen molar-refractivity contribution in [3.05, 3.63) is 87.0 Å². The number of benzene rings is 2. The maximum Gasteiger partial charge on any atom is 0.344 e. The van der Waals surface area contributed by atoms with Crippen molar-refractivity contribution < 1.29 is 13.9 Å². The van der Waals surface area contributed by atoms with E-state index in [-0.39, 0.29) is 11.3 Å². The largest absolute Gasteiger partial charge is 0.423 e. The summed E-state index contributed by atoms with van der Waals surface area (Å²) in [5.74, 6) is -0.448. The molecule has 2 aromatic carbocycles. The number of carbonyl (C=O) groups excluding carboxylic acids is 1. The number of aromatic nitrogens is 1. The van der Waals surface area contributed by atoms with Crippen LogP contribution in [0, 0.1) is 0 Å². The van der Waals surface area contributed by atoms with Crippen molar-refractivity contribution in [2.24, 2.45) is 0 Å². The summed E-state index contributed by atoms with van der Waals surface area (Å²) < 4.78 is 10.4. The lowest BCUT2D eigenvalue weighted by Gasteiger charge is -2.07. The molecule has 1 N–H and O–H groups in total. The van der Waals surface area contributed by atoms with Gasteiger partial charge in [-0.25, -0.2) is 9.59 Å². The number of H-pyrrole nitrogens is 1. The van der Waals surface area contributed by atoms with E-state index in [1.165, 1.54) is 18.2 Å². The van der Waals surface area contributed by atoms with Crippen molar-refractivity contribution in [3.63, 3.8) is 0 Å². The van der Waals surface area contributed by atoms with E-state index in [1.807, 2.05) is 0 Å². The zero-order valence-electron chi connectivity index (χ0n) is 12.8. The molecule has 122 valence electrons. The number of aromatic amines is 1. The second-order valence-electron chi connectivity index (χ2n) is 5.44. The van der Waals surface area contributed by atoms with Crippen molar-refractivity contribution in [1.29, 1.82) is 0 Å². The Balaban J connectivity index is 1.75. The molecule has 0 bridgehead atoms. The molecule has 0 radical (unpaired) electrons. The molecule has 0 aliphatic heterocycles. The Hall–Kier alpha value is -3.67. The fraction of sp³-hybridized carbons (Fsp3) is 0. The molecular formula is C19H11NO5. The molecule has 0 unspecified atom stereocenters. The van der Waals surface area contributed by atoms with Crippen molar-refractivity contribution in [1.82, 2.24) is 4.98 Å². The van der Waals surface area contributed by atoms with E-state index in [0.29, 0.717) is 21.9 Å². The number of hydrogen-bond acceptors (Lipinski definition) is 5. The number of nitrogens with one attached hydrogen (secondary N) is 1. The number of para-hydroxylation sites is 1. The quantitative estimate of drug-likeness (QED) is 0.346. The topological polar surface area (TPSA) is 89.4 Å². The molecule has 0 amide bonds. The third-order valence-electron chi connectivity index (χ3n) is 3.78. The predicted octanol–water partition coefficient (Wildman–Crippen LogP) is 2.85. The Bertz CT molecular complexity index is 1240. The second-order valence-corrected chi connectivity index (χ2v) is 5.44. The third kappa shape index (κ3) is 2.81. The fourth-order valence-corrected chi connectivity index (χ4v) is 2.64. The summed E-state index contributed by atoms with van der Waals surface area (Å²) in [6.07, 6.45) is 0. The SMILES string of the molecule is O=C(Oc1ccc2ccc(=O)oc2c1)c1cc(=O)[nH]c2ccccc12. The monoisotopic (exact) mass is 333 g/mol. The fourth-order valence-electron chi connectivity index (χ4n) is 2.64. The van der Waals surface area contributed by atoms with E-state index < -0.39 is 17.2 Å². The maximum atomic E-state index is 12.5. The van der Waals surface area contributed by atoms with Crippen LogP contribution in [0.4, 0.5) is 0 Å². The van der Waals surface area contributed by atoms with Crippen molar-refractivity contribution in [2.75, 3.05) is 0 Å². The van der Waals surface area contributed by atoms with E-state index in [4.69, 9.17) is 9.15 Å². The van der Waals surface area contributed by atoms with Gasteiger partial charge in [-0.2, -0.15) is 0 Å². The number of pyridine rings is 1. The summed E-state index contributed by atoms with van der Waals surface area (Å²) in [6, 6.07) is 15.8. The number of rotatable bonds is 2. The molecule has 0 saturated carbocycles. The van der Waals surface area contributed by atoms with Crippen molar-refractivity contribution in [2.45, 2.75) is 0 Å². The highest BCUT2D eigenvalue weighted by Crippen LogP contribution is 2.22. The van der Waals surface area contributed by atoms with Crippen molar-refractivity contribution >= 4 is 27.8 Å². The first kappa shape index (κ1) is 14.9. The third-order valence-corrected chi connectivity index (χ3v) is 3.78. The first-order chi connectivity index (χ1) is 12.1. The van der Waals surface area contributed by atoms with Crippen LogP contribution in [0.1, 0.15) is 10.4 Å². The number of hydrogen-bond donors (Lipinski definition) is 1. The molecule has 0 spiro atoms. The molecule has 4 aromatic rings. The van der Waals surface area contributed by atoms with Gasteiger partial charge in [-0.3, -0.25) is 4.79 Å². The van der Waals surface area contributed by atoms with Gasteiger partial charge >= 0.3 is 11.6 Å². The average molecular weight is 333 g/mol. The van der Waals surface area contributed by atoms with Crippen molar-refractivity contribution in [3.8, 4) is 5.75 Å². The predicted molar refractivity (Wildman–Crippen MR) is 92.0 cm³/mol. The molecule has 4 rings (SSSR count). The van der Waals surface area contributed by atoms with E-state index in [2.05, 4.69) is 4.98 Å². The lowest BCUT2D eigenvalue weighted by molar-refractivity contribution is 0.0737. The van der Waals surface area contributed by atoms with Gasteiger partial charge in [-0.05, 0) is 24.3 Å². The molecule has 25 heavy (non-hydrogen) atoms. The molecule has 2 heterocycles. The highest BCUT2D eigenvalue weighted by molar-refractivity contribution is 6.04. The zero-order valence-corrected chi connectivity index (χ0v) is 12.8. The van der Waals surface area contributed by atoms with Gasteiger partial charge in [0.15, 0.2) is 0 Å². The van der Waals surface area contributed by atoms with Crippen LogP contribution in [0.3, 0.4) is 0 Å². The smallest absolute Gasteiger partial charge is 0.344 e. The molecule has 6 nitrogen and oxygen atoms in total. The Morgan fingerprint density at radius 1 is 0.960 bits per heavy atom. The summed E-state index contributed by atoms with van der Waals surface area (Å²) in [4.78, 5) is 38.3. The summed E-state index contributed by atoms with van der Waals surface area (Å²) in [5, 5.41) is 1.29. The number of fused-ring (bicyclic) bond motifs is 2. The van der Waals surface area contributed by atoms with Crippen LogP contribution in [-0.2, 0) is 0 Å². The number of carbonyl (C=O) groups is 1. The molecule has 2 aromatic heterocycles. The summed E-state index contributed by atoms with van der Waals surface area (Å²) in [5.41, 5.74) is 0.140. The van der Waals surface area contributed by atoms with Crippen LogP contribution in [0.25, 0.3) is 21.9 Å². The van der Waals surface area contributed by atoms with Gasteiger partial charge in [0.2, 0.25) is 5.56 Å². The van der Waals surface area contributed by atoms with E-state index in [1.54, 1.807) is 42.5 Å². The van der Waals surface area contributed by atoms with Gasteiger partial charge < -0.3 is 14.1 Å². The van der Waals surface area contributed by atoms with Crippen LogP contribution in [0.5, 0.6) is 5.75 Å². The summed E-state index contributed by atoms with van der Waals surface area (Å²) in [6.45, 7) is 0. The van der Waals surface area contributed by atoms with Gasteiger partial charge in [0.05, 0.1) is 5.56 Å². The van der Waals surface area contributed by atoms with Gasteiger partial charge in [0.1, 0.15) is 11.3 Å². The normalized spacial score (nSPS) is 10.9. The Morgan fingerprint density at radius 3 is 2.64 bits per heavy atom. The summed E-state index contributed by atoms with van der Waals surface area (Å²) in [7, 11) is 0. The van der Waals surface area contributed by atoms with Gasteiger partial charge in [-0.15, -0.1) is 0 Å². The number of esters is 1. The second kappa shape index (κ2) is 5.76. The minimum atomic E-state index is -0.667. The first-order valence-electron chi connectivity index (χ1n) is 7.48. The van der Waals surface area contributed by atoms with Crippen LogP contribution < -0.4 is 15.9 Å². The average Bonchev–Trinajstić information content (AvgIpc) is 2.60. The Labute approximate surface area is 140 Å². The molecular weight excluding hydrogens is 322 g/mol. The standard InChI is InChI=1S/C19H11NO5/c21-17-10-14(13-3-1-2-4-15(13)20-17)19(23)24-12-7-5-11-6-8-18(22)25-16(11)9-12/h1-10H,(H,20,21). The van der Waals surface area contributed by atoms with Gasteiger partial charge in [0, 0.05) is 34.5 Å². The molecule has 0 atom stereocenters. The van der Waals surface area contributed by atoms with Gasteiger partial charge in [0.25, 0.3) is 0 Å². The molecule has 0 aliphatic carbocycles. The molecule has 0 aliphatic rings. The lowest BCUT2D eigenvalue weighted by atomic mass is 10.1. The highest BCUT2D eigenvalue weighted by Gasteiger charge is 2.14. The Kier molecular flexibility index (Phi) is 3.43.